The number of phenols is 1. The van der Waals surface area contributed by atoms with Crippen molar-refractivity contribution in [2.75, 3.05) is 54.1 Å². The van der Waals surface area contributed by atoms with Gasteiger partial charge in [-0.15, -0.1) is 0 Å². The first kappa shape index (κ1) is 21.1. The lowest BCUT2D eigenvalue weighted by molar-refractivity contribution is 0.180. The van der Waals surface area contributed by atoms with Crippen molar-refractivity contribution < 1.29 is 14.6 Å². The Morgan fingerprint density at radius 1 is 1.24 bits per heavy atom. The maximum absolute atomic E-state index is 9.83. The fourth-order valence-electron chi connectivity index (χ4n) is 2.30. The van der Waals surface area contributed by atoms with Gasteiger partial charge in [0, 0.05) is 39.9 Å². The normalized spacial score (nSPS) is 11.6. The minimum absolute atomic E-state index is 0.130. The molecule has 0 amide bonds. The van der Waals surface area contributed by atoms with Crippen LogP contribution in [0.3, 0.4) is 0 Å². The number of methoxy groups -OCH3 is 2. The number of benzene rings is 1. The van der Waals surface area contributed by atoms with Gasteiger partial charge >= 0.3 is 0 Å². The Labute approximate surface area is 151 Å². The number of aromatic hydroxyl groups is 1. The number of hydrogen-bond acceptors (Lipinski definition) is 5. The SMILES string of the molecule is CCNC(=NCc1ccc(OC)c(O)c1)NCCN(C)CCCOC. The van der Waals surface area contributed by atoms with Gasteiger partial charge in [0.2, 0.25) is 0 Å². The van der Waals surface area contributed by atoms with Crippen molar-refractivity contribution in [1.82, 2.24) is 15.5 Å². The lowest BCUT2D eigenvalue weighted by atomic mass is 10.2. The van der Waals surface area contributed by atoms with Crippen LogP contribution in [-0.2, 0) is 11.3 Å². The first-order valence-electron chi connectivity index (χ1n) is 8.66. The molecule has 0 bridgehead atoms. The van der Waals surface area contributed by atoms with Gasteiger partial charge in [-0.1, -0.05) is 6.07 Å². The van der Waals surface area contributed by atoms with Crippen molar-refractivity contribution in [3.8, 4) is 11.5 Å². The van der Waals surface area contributed by atoms with E-state index in [0.29, 0.717) is 12.3 Å². The molecule has 0 aliphatic rings. The Bertz CT molecular complexity index is 523. The summed E-state index contributed by atoms with van der Waals surface area (Å²) >= 11 is 0. The van der Waals surface area contributed by atoms with Crippen LogP contribution in [0.15, 0.2) is 23.2 Å². The Morgan fingerprint density at radius 2 is 2.04 bits per heavy atom. The van der Waals surface area contributed by atoms with Crippen molar-refractivity contribution in [2.24, 2.45) is 4.99 Å². The second-order valence-corrected chi connectivity index (χ2v) is 5.78. The van der Waals surface area contributed by atoms with Gasteiger partial charge < -0.3 is 30.1 Å². The molecular formula is C18H32N4O3. The number of ether oxygens (including phenoxy) is 2. The zero-order valence-electron chi connectivity index (χ0n) is 15.8. The quantitative estimate of drug-likeness (QED) is 0.318. The first-order valence-corrected chi connectivity index (χ1v) is 8.66. The minimum atomic E-state index is 0.130. The fraction of sp³-hybridized carbons (Fsp3) is 0.611. The van der Waals surface area contributed by atoms with Gasteiger partial charge in [0.1, 0.15) is 0 Å². The van der Waals surface area contributed by atoms with Gasteiger partial charge in [-0.05, 0) is 38.1 Å². The molecule has 1 aromatic rings. The van der Waals surface area contributed by atoms with Crippen LogP contribution in [0.25, 0.3) is 0 Å². The number of nitrogens with one attached hydrogen (secondary N) is 2. The second-order valence-electron chi connectivity index (χ2n) is 5.78. The molecule has 0 spiro atoms. The highest BCUT2D eigenvalue weighted by molar-refractivity contribution is 5.79. The van der Waals surface area contributed by atoms with Gasteiger partial charge in [-0.25, -0.2) is 4.99 Å². The van der Waals surface area contributed by atoms with Gasteiger partial charge in [0.15, 0.2) is 17.5 Å². The Kier molecular flexibility index (Phi) is 10.4. The number of hydrogen-bond donors (Lipinski definition) is 3. The first-order chi connectivity index (χ1) is 12.1. The highest BCUT2D eigenvalue weighted by Crippen LogP contribution is 2.26. The van der Waals surface area contributed by atoms with Gasteiger partial charge in [0.25, 0.3) is 0 Å². The summed E-state index contributed by atoms with van der Waals surface area (Å²) < 4.78 is 10.1. The molecule has 0 aromatic heterocycles. The van der Waals surface area contributed by atoms with Crippen LogP contribution < -0.4 is 15.4 Å². The van der Waals surface area contributed by atoms with Crippen molar-refractivity contribution in [3.05, 3.63) is 23.8 Å². The monoisotopic (exact) mass is 352 g/mol. The second kappa shape index (κ2) is 12.4. The van der Waals surface area contributed by atoms with Crippen LogP contribution >= 0.6 is 0 Å². The molecule has 0 aliphatic heterocycles. The van der Waals surface area contributed by atoms with Crippen LogP contribution in [0.2, 0.25) is 0 Å². The van der Waals surface area contributed by atoms with Crippen molar-refractivity contribution in [2.45, 2.75) is 19.9 Å². The summed E-state index contributed by atoms with van der Waals surface area (Å²) in [6, 6.07) is 5.32. The summed E-state index contributed by atoms with van der Waals surface area (Å²) in [6.07, 6.45) is 1.03. The average molecular weight is 352 g/mol. The van der Waals surface area contributed by atoms with E-state index >= 15 is 0 Å². The van der Waals surface area contributed by atoms with Crippen molar-refractivity contribution >= 4 is 5.96 Å². The average Bonchev–Trinajstić information content (AvgIpc) is 2.60. The van der Waals surface area contributed by atoms with E-state index < -0.39 is 0 Å². The standard InChI is InChI=1S/C18H32N4O3/c1-5-19-18(20-9-11-22(2)10-6-12-24-3)21-14-15-7-8-17(25-4)16(23)13-15/h7-8,13,23H,5-6,9-12,14H2,1-4H3,(H2,19,20,21). The van der Waals surface area contributed by atoms with Gasteiger partial charge in [-0.2, -0.15) is 0 Å². The molecule has 7 heteroatoms. The number of phenolic OH excluding ortho intramolecular Hbond substituents is 1. The molecule has 0 atom stereocenters. The maximum atomic E-state index is 9.83. The molecule has 1 aromatic carbocycles. The lowest BCUT2D eigenvalue weighted by Crippen LogP contribution is -2.41. The highest BCUT2D eigenvalue weighted by atomic mass is 16.5. The summed E-state index contributed by atoms with van der Waals surface area (Å²) in [5.41, 5.74) is 0.923. The van der Waals surface area contributed by atoms with Crippen LogP contribution in [-0.4, -0.2) is 70.0 Å². The molecule has 0 saturated heterocycles. The lowest BCUT2D eigenvalue weighted by Gasteiger charge is -2.18. The third-order valence-corrected chi connectivity index (χ3v) is 3.68. The minimum Gasteiger partial charge on any atom is -0.504 e. The molecule has 0 radical (unpaired) electrons. The molecule has 0 fully saturated rings. The number of likely N-dealkylation sites (N-methyl/N-ethyl adjacent to an activating group) is 1. The topological polar surface area (TPSA) is 78.4 Å². The molecule has 3 N–H and O–H groups in total. The van der Waals surface area contributed by atoms with Crippen LogP contribution in [0.4, 0.5) is 0 Å². The predicted molar refractivity (Wildman–Crippen MR) is 101 cm³/mol. The van der Waals surface area contributed by atoms with Crippen molar-refractivity contribution in [3.63, 3.8) is 0 Å². The molecular weight excluding hydrogens is 320 g/mol. The van der Waals surface area contributed by atoms with E-state index in [1.54, 1.807) is 19.2 Å². The molecule has 1 rings (SSSR count). The molecule has 0 saturated carbocycles. The third kappa shape index (κ3) is 8.60. The van der Waals surface area contributed by atoms with E-state index in [4.69, 9.17) is 9.47 Å². The molecule has 142 valence electrons. The number of aliphatic imine (C=N–C) groups is 1. The summed E-state index contributed by atoms with van der Waals surface area (Å²) in [6.45, 7) is 6.85. The summed E-state index contributed by atoms with van der Waals surface area (Å²) in [5.74, 6) is 1.36. The maximum Gasteiger partial charge on any atom is 0.191 e. The Balaban J connectivity index is 2.46. The molecule has 0 heterocycles. The summed E-state index contributed by atoms with van der Waals surface area (Å²) in [7, 11) is 5.36. The van der Waals surface area contributed by atoms with E-state index in [9.17, 15) is 5.11 Å². The summed E-state index contributed by atoms with van der Waals surface area (Å²) in [5, 5.41) is 16.4. The highest BCUT2D eigenvalue weighted by Gasteiger charge is 2.03. The number of rotatable bonds is 11. The zero-order chi connectivity index (χ0) is 18.5. The van der Waals surface area contributed by atoms with E-state index in [2.05, 4.69) is 27.6 Å². The molecule has 0 aliphatic carbocycles. The predicted octanol–water partition coefficient (Wildman–Crippen LogP) is 1.42. The molecule has 0 unspecified atom stereocenters. The van der Waals surface area contributed by atoms with Crippen molar-refractivity contribution in [1.29, 1.82) is 0 Å². The van der Waals surface area contributed by atoms with Crippen LogP contribution in [0.1, 0.15) is 18.9 Å². The van der Waals surface area contributed by atoms with E-state index in [1.165, 1.54) is 7.11 Å². The van der Waals surface area contributed by atoms with Gasteiger partial charge in [-0.3, -0.25) is 0 Å². The third-order valence-electron chi connectivity index (χ3n) is 3.68. The van der Waals surface area contributed by atoms with Crippen LogP contribution in [0.5, 0.6) is 11.5 Å². The van der Waals surface area contributed by atoms with E-state index in [1.807, 2.05) is 13.0 Å². The Hall–Kier alpha value is -1.99. The zero-order valence-corrected chi connectivity index (χ0v) is 15.8. The fourth-order valence-corrected chi connectivity index (χ4v) is 2.30. The van der Waals surface area contributed by atoms with Crippen LogP contribution in [0, 0.1) is 0 Å². The van der Waals surface area contributed by atoms with E-state index in [-0.39, 0.29) is 5.75 Å². The number of nitrogens with zero attached hydrogens (tertiary/aromatic N) is 2. The molecule has 25 heavy (non-hydrogen) atoms. The summed E-state index contributed by atoms with van der Waals surface area (Å²) in [4.78, 5) is 6.82. The smallest absolute Gasteiger partial charge is 0.191 e. The largest absolute Gasteiger partial charge is 0.504 e. The Morgan fingerprint density at radius 3 is 2.68 bits per heavy atom. The molecule has 7 nitrogen and oxygen atoms in total. The number of guanidine groups is 1. The van der Waals surface area contributed by atoms with E-state index in [0.717, 1.165) is 50.7 Å². The van der Waals surface area contributed by atoms with Gasteiger partial charge in [0.05, 0.1) is 13.7 Å².